The molecule has 1 aliphatic heterocycles. The average molecular weight is 124 g/mol. The molecule has 0 saturated carbocycles. The molecule has 0 aromatic carbocycles. The van der Waals surface area contributed by atoms with E-state index in [1.54, 1.807) is 12.4 Å². The molecule has 1 heterocycles. The number of hydrogen-bond acceptors (Lipinski definition) is 2. The van der Waals surface area contributed by atoms with Crippen molar-refractivity contribution in [2.24, 2.45) is 0 Å². The summed E-state index contributed by atoms with van der Waals surface area (Å²) in [7, 11) is 0. The topological polar surface area (TPSA) is 41.1 Å². The Kier molecular flexibility index (Phi) is 1.53. The molecule has 3 nitrogen and oxygen atoms in total. The van der Waals surface area contributed by atoms with Crippen LogP contribution in [0.5, 0.6) is 0 Å². The van der Waals surface area contributed by atoms with E-state index in [9.17, 15) is 4.79 Å². The van der Waals surface area contributed by atoms with Crippen LogP contribution in [0.1, 0.15) is 6.92 Å². The highest BCUT2D eigenvalue weighted by atomic mass is 16.1. The maximum absolute atomic E-state index is 10.6. The van der Waals surface area contributed by atoms with Gasteiger partial charge in [-0.1, -0.05) is 0 Å². The summed E-state index contributed by atoms with van der Waals surface area (Å²) in [5.74, 6) is -0.0891. The summed E-state index contributed by atoms with van der Waals surface area (Å²) >= 11 is 0. The second-order valence-electron chi connectivity index (χ2n) is 1.81. The lowest BCUT2D eigenvalue weighted by Gasteiger charge is -1.92. The molecule has 0 aromatic rings. The summed E-state index contributed by atoms with van der Waals surface area (Å²) in [6, 6.07) is 0. The number of amides is 1. The molecule has 48 valence electrons. The molecular weight excluding hydrogens is 116 g/mol. The van der Waals surface area contributed by atoms with Gasteiger partial charge in [-0.25, -0.2) is 0 Å². The van der Waals surface area contributed by atoms with Crippen LogP contribution in [0.2, 0.25) is 0 Å². The van der Waals surface area contributed by atoms with Gasteiger partial charge in [0.15, 0.2) is 0 Å². The molecule has 1 amide bonds. The fourth-order valence-corrected chi connectivity index (χ4v) is 0.577. The molecule has 3 heteroatoms. The van der Waals surface area contributed by atoms with E-state index in [1.807, 2.05) is 6.92 Å². The molecule has 0 radical (unpaired) electrons. The zero-order valence-corrected chi connectivity index (χ0v) is 5.14. The van der Waals surface area contributed by atoms with E-state index >= 15 is 0 Å². The Morgan fingerprint density at radius 2 is 2.00 bits per heavy atom. The van der Waals surface area contributed by atoms with Crippen molar-refractivity contribution >= 4 is 5.91 Å². The molecule has 0 fully saturated rings. The van der Waals surface area contributed by atoms with Crippen LogP contribution in [-0.2, 0) is 4.79 Å². The lowest BCUT2D eigenvalue weighted by atomic mass is 10.4. The molecule has 0 saturated heterocycles. The van der Waals surface area contributed by atoms with Crippen molar-refractivity contribution in [3.63, 3.8) is 0 Å². The van der Waals surface area contributed by atoms with Gasteiger partial charge in [0.05, 0.1) is 0 Å². The maximum atomic E-state index is 10.6. The standard InChI is InChI=1S/C6H8N2O/c1-5-4-6(9)8-3-2-7-5/h2-4,7H,1H3,(H,8,9). The third-order valence-corrected chi connectivity index (χ3v) is 0.968. The molecule has 1 rings (SSSR count). The van der Waals surface area contributed by atoms with Gasteiger partial charge in [0, 0.05) is 24.2 Å². The molecule has 0 aromatic heterocycles. The van der Waals surface area contributed by atoms with Crippen LogP contribution in [0, 0.1) is 0 Å². The fraction of sp³-hybridized carbons (Fsp3) is 0.167. The van der Waals surface area contributed by atoms with Gasteiger partial charge in [-0.05, 0) is 6.92 Å². The Morgan fingerprint density at radius 1 is 1.33 bits per heavy atom. The van der Waals surface area contributed by atoms with Crippen LogP contribution in [0.25, 0.3) is 0 Å². The van der Waals surface area contributed by atoms with Crippen molar-refractivity contribution in [3.05, 3.63) is 24.2 Å². The molecule has 9 heavy (non-hydrogen) atoms. The van der Waals surface area contributed by atoms with Crippen molar-refractivity contribution in [1.29, 1.82) is 0 Å². The predicted molar refractivity (Wildman–Crippen MR) is 34.2 cm³/mol. The van der Waals surface area contributed by atoms with E-state index in [4.69, 9.17) is 0 Å². The molecule has 0 bridgehead atoms. The Morgan fingerprint density at radius 3 is 2.78 bits per heavy atom. The summed E-state index contributed by atoms with van der Waals surface area (Å²) in [6.07, 6.45) is 4.74. The predicted octanol–water partition coefficient (Wildman–Crippen LogP) is 0.0808. The van der Waals surface area contributed by atoms with E-state index in [0.717, 1.165) is 5.70 Å². The highest BCUT2D eigenvalue weighted by Gasteiger charge is 1.95. The second kappa shape index (κ2) is 2.35. The van der Waals surface area contributed by atoms with Crippen LogP contribution < -0.4 is 10.6 Å². The zero-order valence-electron chi connectivity index (χ0n) is 5.14. The largest absolute Gasteiger partial charge is 0.364 e. The van der Waals surface area contributed by atoms with Gasteiger partial charge in [0.2, 0.25) is 5.91 Å². The molecule has 0 atom stereocenters. The van der Waals surface area contributed by atoms with Crippen molar-refractivity contribution in [2.45, 2.75) is 6.92 Å². The average Bonchev–Trinajstić information content (AvgIpc) is 1.93. The third kappa shape index (κ3) is 1.60. The van der Waals surface area contributed by atoms with E-state index in [2.05, 4.69) is 10.6 Å². The first kappa shape index (κ1) is 5.88. The first-order valence-corrected chi connectivity index (χ1v) is 2.69. The molecule has 0 unspecified atom stereocenters. The van der Waals surface area contributed by atoms with E-state index in [-0.39, 0.29) is 5.91 Å². The summed E-state index contributed by atoms with van der Waals surface area (Å²) < 4.78 is 0. The van der Waals surface area contributed by atoms with Crippen molar-refractivity contribution in [2.75, 3.05) is 0 Å². The summed E-state index contributed by atoms with van der Waals surface area (Å²) in [5, 5.41) is 5.39. The van der Waals surface area contributed by atoms with Crippen molar-refractivity contribution in [1.82, 2.24) is 10.6 Å². The molecule has 0 spiro atoms. The van der Waals surface area contributed by atoms with Gasteiger partial charge in [0.25, 0.3) is 0 Å². The lowest BCUT2D eigenvalue weighted by Crippen LogP contribution is -2.12. The van der Waals surface area contributed by atoms with Gasteiger partial charge < -0.3 is 10.6 Å². The van der Waals surface area contributed by atoms with Crippen LogP contribution in [-0.4, -0.2) is 5.91 Å². The minimum atomic E-state index is -0.0891. The normalized spacial score (nSPS) is 17.4. The SMILES string of the molecule is CC1=CC(=O)NC=CN1. The lowest BCUT2D eigenvalue weighted by molar-refractivity contribution is -0.115. The van der Waals surface area contributed by atoms with Gasteiger partial charge in [0.1, 0.15) is 0 Å². The van der Waals surface area contributed by atoms with E-state index in [1.165, 1.54) is 6.08 Å². The smallest absolute Gasteiger partial charge is 0.249 e. The van der Waals surface area contributed by atoms with Crippen LogP contribution in [0.3, 0.4) is 0 Å². The highest BCUT2D eigenvalue weighted by Crippen LogP contribution is 1.88. The van der Waals surface area contributed by atoms with Crippen LogP contribution in [0.4, 0.5) is 0 Å². The fourth-order valence-electron chi connectivity index (χ4n) is 0.577. The van der Waals surface area contributed by atoms with Crippen molar-refractivity contribution in [3.8, 4) is 0 Å². The van der Waals surface area contributed by atoms with Gasteiger partial charge in [-0.2, -0.15) is 0 Å². The minimum absolute atomic E-state index is 0.0891. The van der Waals surface area contributed by atoms with Gasteiger partial charge in [-0.15, -0.1) is 0 Å². The monoisotopic (exact) mass is 124 g/mol. The Bertz CT molecular complexity index is 181. The number of hydrogen-bond donors (Lipinski definition) is 2. The number of nitrogens with one attached hydrogen (secondary N) is 2. The Balaban J connectivity index is 2.73. The summed E-state index contributed by atoms with van der Waals surface area (Å²) in [6.45, 7) is 1.83. The molecule has 2 N–H and O–H groups in total. The summed E-state index contributed by atoms with van der Waals surface area (Å²) in [5.41, 5.74) is 0.848. The molecule has 0 aliphatic carbocycles. The second-order valence-corrected chi connectivity index (χ2v) is 1.81. The Labute approximate surface area is 53.4 Å². The zero-order chi connectivity index (χ0) is 6.69. The number of carbonyl (C=O) groups is 1. The van der Waals surface area contributed by atoms with Crippen molar-refractivity contribution < 1.29 is 4.79 Å². The summed E-state index contributed by atoms with van der Waals surface area (Å²) in [4.78, 5) is 10.6. The molecule has 1 aliphatic rings. The first-order valence-electron chi connectivity index (χ1n) is 2.69. The number of carbonyl (C=O) groups excluding carboxylic acids is 1. The highest BCUT2D eigenvalue weighted by molar-refractivity contribution is 5.89. The van der Waals surface area contributed by atoms with Gasteiger partial charge >= 0.3 is 0 Å². The minimum Gasteiger partial charge on any atom is -0.364 e. The third-order valence-electron chi connectivity index (χ3n) is 0.968. The Hall–Kier alpha value is -1.25. The molecular formula is C6H8N2O. The maximum Gasteiger partial charge on any atom is 0.249 e. The van der Waals surface area contributed by atoms with E-state index < -0.39 is 0 Å². The van der Waals surface area contributed by atoms with E-state index in [0.29, 0.717) is 0 Å². The quantitative estimate of drug-likeness (QED) is 0.480. The first-order chi connectivity index (χ1) is 4.29. The number of rotatable bonds is 0. The number of allylic oxidation sites excluding steroid dienone is 1. The van der Waals surface area contributed by atoms with Crippen LogP contribution >= 0.6 is 0 Å². The van der Waals surface area contributed by atoms with Crippen LogP contribution in [0.15, 0.2) is 24.2 Å². The van der Waals surface area contributed by atoms with Gasteiger partial charge in [-0.3, -0.25) is 4.79 Å².